The molecule has 0 radical (unpaired) electrons. The Kier molecular flexibility index (Phi) is 3.08. The zero-order chi connectivity index (χ0) is 10.6. The maximum absolute atomic E-state index is 13.1. The summed E-state index contributed by atoms with van der Waals surface area (Å²) in [4.78, 5) is 10.5. The van der Waals surface area contributed by atoms with Crippen molar-refractivity contribution in [1.82, 2.24) is 0 Å². The fourth-order valence-corrected chi connectivity index (χ4v) is 0.952. The summed E-state index contributed by atoms with van der Waals surface area (Å²) < 4.78 is 13.1. The van der Waals surface area contributed by atoms with Crippen molar-refractivity contribution in [2.24, 2.45) is 0 Å². The minimum atomic E-state index is -1.29. The van der Waals surface area contributed by atoms with E-state index in [-0.39, 0.29) is 12.1 Å². The molecule has 0 aliphatic rings. The molecule has 0 amide bonds. The Balaban J connectivity index is 2.90. The maximum Gasteiger partial charge on any atom is 0.338 e. The van der Waals surface area contributed by atoms with Crippen LogP contribution in [0.2, 0.25) is 0 Å². The minimum absolute atomic E-state index is 0.270. The molecule has 0 spiro atoms. The molecule has 0 unspecified atom stereocenters. The Morgan fingerprint density at radius 1 is 1.64 bits per heavy atom. The Labute approximate surface area is 80.6 Å². The van der Waals surface area contributed by atoms with E-state index in [0.29, 0.717) is 5.69 Å². The minimum Gasteiger partial charge on any atom is -0.478 e. The lowest BCUT2D eigenvalue weighted by Gasteiger charge is -2.03. The summed E-state index contributed by atoms with van der Waals surface area (Å²) in [6.07, 6.45) is 4.99. The molecule has 1 aromatic carbocycles. The second kappa shape index (κ2) is 4.28. The van der Waals surface area contributed by atoms with Crippen molar-refractivity contribution in [3.05, 3.63) is 29.6 Å². The second-order valence-corrected chi connectivity index (χ2v) is 2.56. The van der Waals surface area contributed by atoms with Gasteiger partial charge >= 0.3 is 5.97 Å². The number of carboxylic acids is 1. The smallest absolute Gasteiger partial charge is 0.338 e. The third-order valence-electron chi connectivity index (χ3n) is 1.59. The molecule has 0 aliphatic heterocycles. The Hall–Kier alpha value is -2.02. The highest BCUT2D eigenvalue weighted by atomic mass is 19.1. The van der Waals surface area contributed by atoms with Gasteiger partial charge in [-0.3, -0.25) is 0 Å². The van der Waals surface area contributed by atoms with Crippen LogP contribution in [0.5, 0.6) is 0 Å². The summed E-state index contributed by atoms with van der Waals surface area (Å²) >= 11 is 0. The van der Waals surface area contributed by atoms with Crippen LogP contribution >= 0.6 is 0 Å². The van der Waals surface area contributed by atoms with Crippen LogP contribution in [-0.2, 0) is 0 Å². The second-order valence-electron chi connectivity index (χ2n) is 2.56. The SMILES string of the molecule is C#CCNc1ccc(C(=O)O)c(F)c1. The summed E-state index contributed by atoms with van der Waals surface area (Å²) in [7, 11) is 0. The molecule has 0 aliphatic carbocycles. The molecule has 1 rings (SSSR count). The number of anilines is 1. The molecular formula is C10H8FNO2. The highest BCUT2D eigenvalue weighted by Gasteiger charge is 2.09. The van der Waals surface area contributed by atoms with Gasteiger partial charge in [0.05, 0.1) is 12.1 Å². The van der Waals surface area contributed by atoms with Gasteiger partial charge in [0.25, 0.3) is 0 Å². The zero-order valence-corrected chi connectivity index (χ0v) is 7.25. The van der Waals surface area contributed by atoms with Gasteiger partial charge in [-0.2, -0.15) is 0 Å². The molecule has 0 aromatic heterocycles. The van der Waals surface area contributed by atoms with Crippen LogP contribution in [0.4, 0.5) is 10.1 Å². The summed E-state index contributed by atoms with van der Waals surface area (Å²) in [6, 6.07) is 3.75. The average Bonchev–Trinajstić information content (AvgIpc) is 2.14. The monoisotopic (exact) mass is 193 g/mol. The van der Waals surface area contributed by atoms with E-state index in [2.05, 4.69) is 11.2 Å². The van der Waals surface area contributed by atoms with Crippen molar-refractivity contribution in [2.45, 2.75) is 0 Å². The number of terminal acetylenes is 1. The third-order valence-corrected chi connectivity index (χ3v) is 1.59. The number of benzene rings is 1. The molecule has 14 heavy (non-hydrogen) atoms. The summed E-state index contributed by atoms with van der Waals surface area (Å²) in [5, 5.41) is 11.3. The van der Waals surface area contributed by atoms with E-state index in [4.69, 9.17) is 11.5 Å². The first-order valence-corrected chi connectivity index (χ1v) is 3.85. The number of carbonyl (C=O) groups is 1. The van der Waals surface area contributed by atoms with Crippen LogP contribution in [0, 0.1) is 18.2 Å². The van der Waals surface area contributed by atoms with Gasteiger partial charge in [-0.1, -0.05) is 5.92 Å². The van der Waals surface area contributed by atoms with Crippen LogP contribution in [0.15, 0.2) is 18.2 Å². The first kappa shape index (κ1) is 10.1. The molecule has 0 atom stereocenters. The number of hydrogen-bond acceptors (Lipinski definition) is 2. The number of nitrogens with one attached hydrogen (secondary N) is 1. The molecule has 2 N–H and O–H groups in total. The Morgan fingerprint density at radius 2 is 2.36 bits per heavy atom. The molecule has 0 fully saturated rings. The predicted molar refractivity (Wildman–Crippen MR) is 50.7 cm³/mol. The van der Waals surface area contributed by atoms with E-state index in [1.165, 1.54) is 12.1 Å². The third kappa shape index (κ3) is 2.23. The number of aromatic carboxylic acids is 1. The summed E-state index contributed by atoms with van der Waals surface area (Å²) in [5.74, 6) is 0.259. The lowest BCUT2D eigenvalue weighted by molar-refractivity contribution is 0.0692. The topological polar surface area (TPSA) is 49.3 Å². The van der Waals surface area contributed by atoms with Crippen molar-refractivity contribution >= 4 is 11.7 Å². The largest absolute Gasteiger partial charge is 0.478 e. The van der Waals surface area contributed by atoms with Gasteiger partial charge in [0, 0.05) is 5.69 Å². The predicted octanol–water partition coefficient (Wildman–Crippen LogP) is 1.57. The van der Waals surface area contributed by atoms with Crippen molar-refractivity contribution in [2.75, 3.05) is 11.9 Å². The molecular weight excluding hydrogens is 185 g/mol. The molecule has 0 bridgehead atoms. The van der Waals surface area contributed by atoms with Crippen molar-refractivity contribution in [1.29, 1.82) is 0 Å². The summed E-state index contributed by atoms with van der Waals surface area (Å²) in [5.41, 5.74) is 0.113. The molecule has 0 heterocycles. The highest BCUT2D eigenvalue weighted by molar-refractivity contribution is 5.88. The van der Waals surface area contributed by atoms with Crippen molar-refractivity contribution < 1.29 is 14.3 Å². The van der Waals surface area contributed by atoms with E-state index >= 15 is 0 Å². The lowest BCUT2D eigenvalue weighted by atomic mass is 10.2. The Morgan fingerprint density at radius 3 is 2.86 bits per heavy atom. The van der Waals surface area contributed by atoms with Gasteiger partial charge in [-0.25, -0.2) is 9.18 Å². The van der Waals surface area contributed by atoms with E-state index in [0.717, 1.165) is 6.07 Å². The number of hydrogen-bond donors (Lipinski definition) is 2. The van der Waals surface area contributed by atoms with Crippen LogP contribution < -0.4 is 5.32 Å². The van der Waals surface area contributed by atoms with Gasteiger partial charge in [0.1, 0.15) is 5.82 Å². The summed E-state index contributed by atoms with van der Waals surface area (Å²) in [6.45, 7) is 0.270. The quantitative estimate of drug-likeness (QED) is 0.716. The van der Waals surface area contributed by atoms with Gasteiger partial charge in [0.2, 0.25) is 0 Å². The van der Waals surface area contributed by atoms with Crippen molar-refractivity contribution in [3.8, 4) is 12.3 Å². The maximum atomic E-state index is 13.1. The van der Waals surface area contributed by atoms with Gasteiger partial charge in [-0.05, 0) is 18.2 Å². The van der Waals surface area contributed by atoms with Crippen LogP contribution in [0.25, 0.3) is 0 Å². The Bertz CT molecular complexity index is 396. The number of carboxylic acid groups (broad SMARTS) is 1. The van der Waals surface area contributed by atoms with Crippen LogP contribution in [-0.4, -0.2) is 17.6 Å². The number of rotatable bonds is 3. The number of halogens is 1. The van der Waals surface area contributed by atoms with Crippen LogP contribution in [0.1, 0.15) is 10.4 Å². The normalized spacial score (nSPS) is 9.14. The fourth-order valence-electron chi connectivity index (χ4n) is 0.952. The van der Waals surface area contributed by atoms with Crippen LogP contribution in [0.3, 0.4) is 0 Å². The first-order chi connectivity index (χ1) is 6.65. The molecule has 0 saturated carbocycles. The van der Waals surface area contributed by atoms with E-state index in [9.17, 15) is 9.18 Å². The van der Waals surface area contributed by atoms with Gasteiger partial charge in [0.15, 0.2) is 0 Å². The van der Waals surface area contributed by atoms with Gasteiger partial charge < -0.3 is 10.4 Å². The lowest BCUT2D eigenvalue weighted by Crippen LogP contribution is -2.03. The van der Waals surface area contributed by atoms with E-state index in [1.54, 1.807) is 0 Å². The molecule has 0 saturated heterocycles. The molecule has 4 heteroatoms. The van der Waals surface area contributed by atoms with Crippen molar-refractivity contribution in [3.63, 3.8) is 0 Å². The fraction of sp³-hybridized carbons (Fsp3) is 0.100. The highest BCUT2D eigenvalue weighted by Crippen LogP contribution is 2.14. The molecule has 1 aromatic rings. The van der Waals surface area contributed by atoms with Gasteiger partial charge in [-0.15, -0.1) is 6.42 Å². The first-order valence-electron chi connectivity index (χ1n) is 3.85. The average molecular weight is 193 g/mol. The van der Waals surface area contributed by atoms with E-state index < -0.39 is 11.8 Å². The zero-order valence-electron chi connectivity index (χ0n) is 7.25. The standard InChI is InChI=1S/C10H8FNO2/c1-2-5-12-7-3-4-8(10(13)14)9(11)6-7/h1,3-4,6,12H,5H2,(H,13,14). The van der Waals surface area contributed by atoms with E-state index in [1.807, 2.05) is 0 Å². The molecule has 3 nitrogen and oxygen atoms in total. The molecule has 72 valence electrons.